The largest absolute Gasteiger partial charge is 0.463 e. The molecule has 0 fully saturated rings. The maximum Gasteiger partial charge on any atom is 0.330 e. The smallest absolute Gasteiger partial charge is 0.330 e. The zero-order chi connectivity index (χ0) is 12.1. The molecule has 0 radical (unpaired) electrons. The van der Waals surface area contributed by atoms with E-state index in [-0.39, 0.29) is 11.8 Å². The molecule has 1 heterocycles. The van der Waals surface area contributed by atoms with Gasteiger partial charge in [-0.1, -0.05) is 0 Å². The van der Waals surface area contributed by atoms with Gasteiger partial charge in [0.25, 0.3) is 0 Å². The van der Waals surface area contributed by atoms with Crippen molar-refractivity contribution in [1.82, 2.24) is 9.97 Å². The minimum absolute atomic E-state index is 0.114. The number of anilines is 2. The lowest BCUT2D eigenvalue weighted by Crippen LogP contribution is -2.05. The fraction of sp³-hybridized carbons (Fsp3) is 0.300. The van der Waals surface area contributed by atoms with Crippen LogP contribution >= 0.6 is 0 Å². The first-order chi connectivity index (χ1) is 7.54. The Morgan fingerprint density at radius 2 is 2.12 bits per heavy atom. The van der Waals surface area contributed by atoms with E-state index in [1.54, 1.807) is 13.8 Å². The molecule has 0 unspecified atom stereocenters. The molecule has 0 aliphatic rings. The molecule has 0 amide bonds. The van der Waals surface area contributed by atoms with Gasteiger partial charge in [-0.3, -0.25) is 0 Å². The number of carbonyl (C=O) groups excluding carboxylic acids is 1. The summed E-state index contributed by atoms with van der Waals surface area (Å²) in [6, 6.07) is 0. The summed E-state index contributed by atoms with van der Waals surface area (Å²) >= 11 is 0. The molecule has 1 aromatic rings. The van der Waals surface area contributed by atoms with Crippen molar-refractivity contribution in [2.24, 2.45) is 0 Å². The van der Waals surface area contributed by atoms with Gasteiger partial charge in [0, 0.05) is 11.6 Å². The molecule has 0 aromatic carbocycles. The molecule has 0 bridgehead atoms. The second kappa shape index (κ2) is 5.11. The summed E-state index contributed by atoms with van der Waals surface area (Å²) in [5, 5.41) is 0. The van der Waals surface area contributed by atoms with E-state index in [4.69, 9.17) is 16.2 Å². The number of hydrogen-bond donors (Lipinski definition) is 2. The third-order valence-electron chi connectivity index (χ3n) is 1.86. The van der Waals surface area contributed by atoms with Gasteiger partial charge >= 0.3 is 5.97 Å². The monoisotopic (exact) mass is 222 g/mol. The van der Waals surface area contributed by atoms with Crippen LogP contribution in [0.15, 0.2) is 6.08 Å². The average Bonchev–Trinajstić information content (AvgIpc) is 2.16. The number of aryl methyl sites for hydroxylation is 1. The van der Waals surface area contributed by atoms with Gasteiger partial charge in [0.1, 0.15) is 5.82 Å². The maximum atomic E-state index is 11.1. The van der Waals surface area contributed by atoms with Gasteiger partial charge in [-0.05, 0) is 19.9 Å². The SMILES string of the molecule is CCOC(=O)/C=C/c1c(C)nc(N)nc1N. The van der Waals surface area contributed by atoms with Crippen molar-refractivity contribution < 1.29 is 9.53 Å². The lowest BCUT2D eigenvalue weighted by Gasteiger charge is -2.04. The second-order valence-corrected chi connectivity index (χ2v) is 3.05. The van der Waals surface area contributed by atoms with Crippen molar-refractivity contribution in [3.05, 3.63) is 17.3 Å². The van der Waals surface area contributed by atoms with Crippen molar-refractivity contribution >= 4 is 23.8 Å². The molecule has 6 heteroatoms. The second-order valence-electron chi connectivity index (χ2n) is 3.05. The number of nitrogen functional groups attached to an aromatic ring is 2. The Kier molecular flexibility index (Phi) is 3.82. The molecule has 6 nitrogen and oxygen atoms in total. The quantitative estimate of drug-likeness (QED) is 0.571. The topological polar surface area (TPSA) is 104 Å². The molecule has 0 aliphatic heterocycles. The van der Waals surface area contributed by atoms with Gasteiger partial charge in [0.05, 0.1) is 12.3 Å². The summed E-state index contributed by atoms with van der Waals surface area (Å²) in [6.45, 7) is 3.80. The predicted octanol–water partition coefficient (Wildman–Crippen LogP) is 0.526. The Morgan fingerprint density at radius 3 is 2.69 bits per heavy atom. The number of rotatable bonds is 3. The van der Waals surface area contributed by atoms with Crippen LogP contribution in [0, 0.1) is 6.92 Å². The van der Waals surface area contributed by atoms with Crippen molar-refractivity contribution in [3.63, 3.8) is 0 Å². The van der Waals surface area contributed by atoms with Crippen LogP contribution in [-0.2, 0) is 9.53 Å². The molecule has 0 saturated carbocycles. The number of aromatic nitrogens is 2. The zero-order valence-corrected chi connectivity index (χ0v) is 9.23. The van der Waals surface area contributed by atoms with Crippen LogP contribution in [0.1, 0.15) is 18.2 Å². The van der Waals surface area contributed by atoms with E-state index in [1.165, 1.54) is 12.2 Å². The van der Waals surface area contributed by atoms with E-state index < -0.39 is 5.97 Å². The van der Waals surface area contributed by atoms with Crippen molar-refractivity contribution in [2.75, 3.05) is 18.1 Å². The van der Waals surface area contributed by atoms with E-state index in [0.717, 1.165) is 0 Å². The summed E-state index contributed by atoms with van der Waals surface area (Å²) in [7, 11) is 0. The third-order valence-corrected chi connectivity index (χ3v) is 1.86. The van der Waals surface area contributed by atoms with Crippen LogP contribution < -0.4 is 11.5 Å². The van der Waals surface area contributed by atoms with Crippen LogP contribution in [0.2, 0.25) is 0 Å². The van der Waals surface area contributed by atoms with Crippen LogP contribution in [0.25, 0.3) is 6.08 Å². The Bertz CT molecular complexity index is 406. The highest BCUT2D eigenvalue weighted by Crippen LogP contribution is 2.15. The Hall–Kier alpha value is -2.11. The van der Waals surface area contributed by atoms with Gasteiger partial charge < -0.3 is 16.2 Å². The number of ether oxygens (including phenoxy) is 1. The molecule has 0 spiro atoms. The van der Waals surface area contributed by atoms with E-state index in [9.17, 15) is 4.79 Å². The molecule has 1 aromatic heterocycles. The van der Waals surface area contributed by atoms with E-state index >= 15 is 0 Å². The minimum Gasteiger partial charge on any atom is -0.463 e. The Labute approximate surface area is 93.3 Å². The average molecular weight is 222 g/mol. The zero-order valence-electron chi connectivity index (χ0n) is 9.23. The summed E-state index contributed by atoms with van der Waals surface area (Å²) in [5.74, 6) is -0.0769. The molecule has 4 N–H and O–H groups in total. The van der Waals surface area contributed by atoms with Crippen LogP contribution in [0.5, 0.6) is 0 Å². The van der Waals surface area contributed by atoms with E-state index in [0.29, 0.717) is 17.9 Å². The summed E-state index contributed by atoms with van der Waals surface area (Å²) in [4.78, 5) is 18.8. The first-order valence-corrected chi connectivity index (χ1v) is 4.79. The van der Waals surface area contributed by atoms with Crippen molar-refractivity contribution in [2.45, 2.75) is 13.8 Å². The van der Waals surface area contributed by atoms with Gasteiger partial charge in [0.15, 0.2) is 0 Å². The van der Waals surface area contributed by atoms with Crippen molar-refractivity contribution in [1.29, 1.82) is 0 Å². The molecule has 1 rings (SSSR count). The fourth-order valence-electron chi connectivity index (χ4n) is 1.17. The fourth-order valence-corrected chi connectivity index (χ4v) is 1.17. The van der Waals surface area contributed by atoms with Crippen LogP contribution in [0.3, 0.4) is 0 Å². The van der Waals surface area contributed by atoms with Gasteiger partial charge in [-0.15, -0.1) is 0 Å². The normalized spacial score (nSPS) is 10.6. The first kappa shape index (κ1) is 12.0. The molecule has 16 heavy (non-hydrogen) atoms. The van der Waals surface area contributed by atoms with E-state index in [1.807, 2.05) is 0 Å². The standard InChI is InChI=1S/C10H14N4O2/c1-3-16-8(15)5-4-7-6(2)13-10(12)14-9(7)11/h4-5H,3H2,1-2H3,(H4,11,12,13,14)/b5-4+. The molecule has 0 aliphatic carbocycles. The first-order valence-electron chi connectivity index (χ1n) is 4.79. The highest BCUT2D eigenvalue weighted by Gasteiger charge is 2.05. The lowest BCUT2D eigenvalue weighted by molar-refractivity contribution is -0.137. The highest BCUT2D eigenvalue weighted by molar-refractivity contribution is 5.88. The molecular weight excluding hydrogens is 208 g/mol. The number of nitrogens with two attached hydrogens (primary N) is 2. The molecule has 86 valence electrons. The summed E-state index contributed by atoms with van der Waals surface area (Å²) < 4.78 is 4.74. The Morgan fingerprint density at radius 1 is 1.44 bits per heavy atom. The van der Waals surface area contributed by atoms with Gasteiger partial charge in [0.2, 0.25) is 5.95 Å². The molecule has 0 saturated heterocycles. The predicted molar refractivity (Wildman–Crippen MR) is 61.3 cm³/mol. The highest BCUT2D eigenvalue weighted by atomic mass is 16.5. The number of carbonyl (C=O) groups is 1. The lowest BCUT2D eigenvalue weighted by atomic mass is 10.2. The number of hydrogen-bond acceptors (Lipinski definition) is 6. The summed E-state index contributed by atoms with van der Waals surface area (Å²) in [6.07, 6.45) is 2.80. The van der Waals surface area contributed by atoms with Crippen LogP contribution in [0.4, 0.5) is 11.8 Å². The van der Waals surface area contributed by atoms with Crippen molar-refractivity contribution in [3.8, 4) is 0 Å². The van der Waals surface area contributed by atoms with Gasteiger partial charge in [-0.25, -0.2) is 9.78 Å². The molecule has 0 atom stereocenters. The Balaban J connectivity index is 2.93. The summed E-state index contributed by atoms with van der Waals surface area (Å²) in [5.41, 5.74) is 12.2. The van der Waals surface area contributed by atoms with E-state index in [2.05, 4.69) is 9.97 Å². The minimum atomic E-state index is -0.432. The molecular formula is C10H14N4O2. The van der Waals surface area contributed by atoms with Gasteiger partial charge in [-0.2, -0.15) is 4.98 Å². The third kappa shape index (κ3) is 2.94. The number of esters is 1. The van der Waals surface area contributed by atoms with Crippen LogP contribution in [-0.4, -0.2) is 22.5 Å². The number of nitrogens with zero attached hydrogens (tertiary/aromatic N) is 2. The maximum absolute atomic E-state index is 11.1.